The molecule has 9 nitrogen and oxygen atoms in total. The number of carbonyl (C=O) groups excluding carboxylic acids is 3. The van der Waals surface area contributed by atoms with Gasteiger partial charge in [0.05, 0.1) is 40.3 Å². The second kappa shape index (κ2) is 59.8. The molecule has 0 aliphatic carbocycles. The number of rotatable bonds is 57. The molecule has 0 aromatic heterocycles. The van der Waals surface area contributed by atoms with Crippen molar-refractivity contribution in [2.45, 2.75) is 257 Å². The van der Waals surface area contributed by atoms with Gasteiger partial charge in [-0.1, -0.05) is 245 Å². The molecule has 2 unspecified atom stereocenters. The molecular formula is C70H117NO8. The summed E-state index contributed by atoms with van der Waals surface area (Å²) in [6.07, 6.45) is 81.0. The minimum atomic E-state index is -1.63. The Morgan fingerprint density at radius 2 is 0.722 bits per heavy atom. The molecule has 2 atom stereocenters. The third-order valence-electron chi connectivity index (χ3n) is 13.2. The second-order valence-electron chi connectivity index (χ2n) is 22.0. The summed E-state index contributed by atoms with van der Waals surface area (Å²) < 4.78 is 22.7. The fourth-order valence-electron chi connectivity index (χ4n) is 8.35. The van der Waals surface area contributed by atoms with Gasteiger partial charge in [0.2, 0.25) is 0 Å². The average molecular weight is 1100 g/mol. The van der Waals surface area contributed by atoms with E-state index in [1.54, 1.807) is 0 Å². The van der Waals surface area contributed by atoms with E-state index in [2.05, 4.69) is 135 Å². The summed E-state index contributed by atoms with van der Waals surface area (Å²) >= 11 is 0. The molecule has 0 aliphatic rings. The Bertz CT molecular complexity index is 1710. The van der Waals surface area contributed by atoms with E-state index in [9.17, 15) is 19.5 Å². The molecule has 0 fully saturated rings. The first kappa shape index (κ1) is 74.7. The molecular weight excluding hydrogens is 983 g/mol. The molecule has 0 spiro atoms. The molecule has 79 heavy (non-hydrogen) atoms. The van der Waals surface area contributed by atoms with Crippen LogP contribution in [0.3, 0.4) is 0 Å². The maximum absolute atomic E-state index is 12.9. The van der Waals surface area contributed by atoms with Gasteiger partial charge in [-0.2, -0.15) is 0 Å². The van der Waals surface area contributed by atoms with E-state index in [1.807, 2.05) is 21.1 Å². The van der Waals surface area contributed by atoms with Gasteiger partial charge in [-0.05, 0) is 109 Å². The first-order chi connectivity index (χ1) is 38.6. The summed E-state index contributed by atoms with van der Waals surface area (Å²) in [6.45, 7) is 4.60. The van der Waals surface area contributed by atoms with Crippen LogP contribution in [0.25, 0.3) is 0 Å². The predicted octanol–water partition coefficient (Wildman–Crippen LogP) is 17.9. The van der Waals surface area contributed by atoms with Gasteiger partial charge in [0.1, 0.15) is 13.2 Å². The Morgan fingerprint density at radius 1 is 0.392 bits per heavy atom. The Hall–Kier alpha value is -4.31. The average Bonchev–Trinajstić information content (AvgIpc) is 3.42. The number of allylic oxidation sites excluding steroid dienone is 20. The van der Waals surface area contributed by atoms with Crippen molar-refractivity contribution >= 4 is 17.9 Å². The van der Waals surface area contributed by atoms with Crippen LogP contribution in [0.2, 0.25) is 0 Å². The fraction of sp³-hybridized carbons (Fsp3) is 0.671. The van der Waals surface area contributed by atoms with Crippen molar-refractivity contribution in [1.82, 2.24) is 0 Å². The molecule has 9 heteroatoms. The number of hydrogen-bond donors (Lipinski definition) is 0. The van der Waals surface area contributed by atoms with Gasteiger partial charge in [0.25, 0.3) is 0 Å². The smallest absolute Gasteiger partial charge is 0.306 e. The van der Waals surface area contributed by atoms with Gasteiger partial charge in [0.15, 0.2) is 12.4 Å². The number of carboxylic acid groups (broad SMARTS) is 1. The number of esters is 2. The van der Waals surface area contributed by atoms with Crippen molar-refractivity contribution in [1.29, 1.82) is 0 Å². The lowest BCUT2D eigenvalue weighted by molar-refractivity contribution is -0.870. The van der Waals surface area contributed by atoms with Gasteiger partial charge >= 0.3 is 11.9 Å². The topological polar surface area (TPSA) is 111 Å². The maximum atomic E-state index is 12.9. The molecule has 0 rings (SSSR count). The molecule has 0 aromatic carbocycles. The van der Waals surface area contributed by atoms with Crippen LogP contribution in [0.4, 0.5) is 0 Å². The van der Waals surface area contributed by atoms with Crippen LogP contribution in [-0.4, -0.2) is 82.3 Å². The number of likely N-dealkylation sites (N-methyl/N-ethyl adjacent to an activating group) is 1. The Kier molecular flexibility index (Phi) is 56.5. The molecule has 0 amide bonds. The lowest BCUT2D eigenvalue weighted by Gasteiger charge is -2.26. The normalized spacial score (nSPS) is 13.6. The summed E-state index contributed by atoms with van der Waals surface area (Å²) in [5, 5.41) is 11.8. The number of carbonyl (C=O) groups is 3. The number of carboxylic acids is 1. The van der Waals surface area contributed by atoms with Crippen molar-refractivity contribution in [2.24, 2.45) is 0 Å². The van der Waals surface area contributed by atoms with Crippen LogP contribution in [0.15, 0.2) is 122 Å². The third kappa shape index (κ3) is 61.2. The van der Waals surface area contributed by atoms with Crippen molar-refractivity contribution in [3.8, 4) is 0 Å². The quantitative estimate of drug-likeness (QED) is 0.0195. The van der Waals surface area contributed by atoms with Gasteiger partial charge < -0.3 is 33.3 Å². The van der Waals surface area contributed by atoms with E-state index in [0.29, 0.717) is 17.4 Å². The molecule has 0 saturated heterocycles. The van der Waals surface area contributed by atoms with Crippen LogP contribution in [-0.2, 0) is 33.3 Å². The highest BCUT2D eigenvalue weighted by atomic mass is 16.7. The Morgan fingerprint density at radius 3 is 1.08 bits per heavy atom. The summed E-state index contributed by atoms with van der Waals surface area (Å²) in [5.74, 6) is -2.31. The summed E-state index contributed by atoms with van der Waals surface area (Å²) in [4.78, 5) is 37.4. The predicted molar refractivity (Wildman–Crippen MR) is 333 cm³/mol. The van der Waals surface area contributed by atoms with Crippen molar-refractivity contribution in [2.75, 3.05) is 47.5 Å². The van der Waals surface area contributed by atoms with Gasteiger partial charge in [0, 0.05) is 12.8 Å². The lowest BCUT2D eigenvalue weighted by Crippen LogP contribution is -2.44. The van der Waals surface area contributed by atoms with Crippen LogP contribution < -0.4 is 5.11 Å². The number of unbranched alkanes of at least 4 members (excludes halogenated alkanes) is 22. The van der Waals surface area contributed by atoms with E-state index in [0.717, 1.165) is 116 Å². The van der Waals surface area contributed by atoms with Crippen LogP contribution in [0.1, 0.15) is 245 Å². The van der Waals surface area contributed by atoms with Crippen molar-refractivity contribution < 1.29 is 42.9 Å². The van der Waals surface area contributed by atoms with Crippen LogP contribution in [0, 0.1) is 0 Å². The van der Waals surface area contributed by atoms with Crippen molar-refractivity contribution in [3.63, 3.8) is 0 Å². The van der Waals surface area contributed by atoms with Gasteiger partial charge in [-0.25, -0.2) is 0 Å². The van der Waals surface area contributed by atoms with E-state index in [4.69, 9.17) is 18.9 Å². The Labute approximate surface area is 485 Å². The second-order valence-corrected chi connectivity index (χ2v) is 22.0. The van der Waals surface area contributed by atoms with E-state index < -0.39 is 24.3 Å². The molecule has 0 heterocycles. The number of quaternary nitrogens is 1. The minimum absolute atomic E-state index is 0.139. The van der Waals surface area contributed by atoms with Crippen LogP contribution >= 0.6 is 0 Å². The van der Waals surface area contributed by atoms with Gasteiger partial charge in [-0.15, -0.1) is 0 Å². The molecule has 0 bridgehead atoms. The Balaban J connectivity index is 4.26. The van der Waals surface area contributed by atoms with E-state index >= 15 is 0 Å². The first-order valence-electron chi connectivity index (χ1n) is 31.7. The van der Waals surface area contributed by atoms with Crippen LogP contribution in [0.5, 0.6) is 0 Å². The summed E-state index contributed by atoms with van der Waals surface area (Å²) in [7, 11) is 5.91. The standard InChI is InChI=1S/C70H117NO8/c1-6-8-10-12-14-16-18-20-22-24-26-28-30-31-32-33-34-35-36-37-39-41-43-45-47-49-51-53-55-57-59-61-68(73)79-66(65-78-70(69(74)75)76-63-62-71(3,4)5)64-77-67(72)60-58-56-54-52-50-48-46-44-42-40-38-29-27-25-23-21-19-17-15-13-11-9-7-2/h8,10,14,16,19-22,25-28,31-32,34-35,37-40,66,70H,6-7,9,11-13,15,17-18,23-24,29-30,33,36,41-65H2,1-5H3/b10-8-,16-14-,21-19-,22-20-,27-25-,28-26-,32-31-,35-34-,39-37-,40-38-. The molecule has 0 aromatic rings. The molecule has 0 saturated carbocycles. The zero-order chi connectivity index (χ0) is 57.6. The number of ether oxygens (including phenoxy) is 4. The highest BCUT2D eigenvalue weighted by Crippen LogP contribution is 2.15. The van der Waals surface area contributed by atoms with Gasteiger partial charge in [-0.3, -0.25) is 9.59 Å². The zero-order valence-electron chi connectivity index (χ0n) is 51.2. The number of hydrogen-bond acceptors (Lipinski definition) is 8. The van der Waals surface area contributed by atoms with Crippen molar-refractivity contribution in [3.05, 3.63) is 122 Å². The first-order valence-corrected chi connectivity index (χ1v) is 31.7. The molecule has 0 N–H and O–H groups in total. The minimum Gasteiger partial charge on any atom is -0.545 e. The van der Waals surface area contributed by atoms with E-state index in [-0.39, 0.29) is 38.6 Å². The lowest BCUT2D eigenvalue weighted by atomic mass is 10.1. The molecule has 0 radical (unpaired) electrons. The SMILES string of the molecule is CC/C=C\C/C=C\C/C=C\C/C=C\C/C=C\C/C=C\C/C=C\CCCCCCCCCCCC(=O)OC(COC(=O)CCCCCCCCCC/C=C\C/C=C\C/C=C\CCCCCCC)COC(OCC[N+](C)(C)C)C(=O)[O-]. The fourth-order valence-corrected chi connectivity index (χ4v) is 8.35. The highest BCUT2D eigenvalue weighted by Gasteiger charge is 2.22. The number of nitrogens with zero attached hydrogens (tertiary/aromatic N) is 1. The maximum Gasteiger partial charge on any atom is 0.306 e. The number of aliphatic carboxylic acids is 1. The summed E-state index contributed by atoms with van der Waals surface area (Å²) in [6, 6.07) is 0. The largest absolute Gasteiger partial charge is 0.545 e. The molecule has 0 aliphatic heterocycles. The molecule has 450 valence electrons. The highest BCUT2D eigenvalue weighted by molar-refractivity contribution is 5.70. The van der Waals surface area contributed by atoms with E-state index in [1.165, 1.54) is 96.3 Å². The summed E-state index contributed by atoms with van der Waals surface area (Å²) in [5.41, 5.74) is 0. The monoisotopic (exact) mass is 1100 g/mol. The zero-order valence-corrected chi connectivity index (χ0v) is 51.2. The third-order valence-corrected chi connectivity index (χ3v) is 13.2.